The van der Waals surface area contributed by atoms with Gasteiger partial charge in [-0.3, -0.25) is 4.79 Å². The van der Waals surface area contributed by atoms with E-state index in [-0.39, 0.29) is 5.91 Å². The second-order valence-electron chi connectivity index (χ2n) is 6.87. The molecule has 0 spiro atoms. The lowest BCUT2D eigenvalue weighted by Gasteiger charge is -2.20. The van der Waals surface area contributed by atoms with E-state index in [0.29, 0.717) is 18.4 Å². The molecule has 1 aliphatic rings. The van der Waals surface area contributed by atoms with Crippen LogP contribution in [0.25, 0.3) is 10.9 Å². The van der Waals surface area contributed by atoms with Crippen LogP contribution in [0.4, 0.5) is 0 Å². The van der Waals surface area contributed by atoms with Crippen LogP contribution < -0.4 is 5.32 Å². The molecule has 3 rings (SSSR count). The van der Waals surface area contributed by atoms with E-state index in [2.05, 4.69) is 35.4 Å². The molecule has 0 radical (unpaired) electrons. The van der Waals surface area contributed by atoms with Gasteiger partial charge in [-0.05, 0) is 43.2 Å². The molecule has 1 saturated carbocycles. The van der Waals surface area contributed by atoms with Gasteiger partial charge in [0.1, 0.15) is 0 Å². The van der Waals surface area contributed by atoms with Crippen molar-refractivity contribution in [1.29, 1.82) is 0 Å². The van der Waals surface area contributed by atoms with Crippen LogP contribution in [-0.2, 0) is 11.2 Å². The first-order valence-electron chi connectivity index (χ1n) is 9.12. The van der Waals surface area contributed by atoms with Crippen molar-refractivity contribution in [2.45, 2.75) is 64.3 Å². The van der Waals surface area contributed by atoms with Gasteiger partial charge in [-0.15, -0.1) is 0 Å². The van der Waals surface area contributed by atoms with Gasteiger partial charge in [0.15, 0.2) is 0 Å². The van der Waals surface area contributed by atoms with Gasteiger partial charge in [0.05, 0.1) is 0 Å². The first-order valence-corrected chi connectivity index (χ1v) is 9.12. The molecule has 1 aromatic carbocycles. The van der Waals surface area contributed by atoms with Crippen molar-refractivity contribution in [3.05, 3.63) is 36.0 Å². The monoisotopic (exact) mass is 312 g/mol. The number of fused-ring (bicyclic) bond motifs is 1. The number of carbonyl (C=O) groups excluding carboxylic acids is 1. The largest absolute Gasteiger partial charge is 0.361 e. The minimum Gasteiger partial charge on any atom is -0.361 e. The van der Waals surface area contributed by atoms with Gasteiger partial charge in [-0.1, -0.05) is 44.4 Å². The molecule has 1 aliphatic carbocycles. The molecular weight excluding hydrogens is 284 g/mol. The first-order chi connectivity index (χ1) is 11.3. The normalized spacial score (nSPS) is 20.9. The minimum atomic E-state index is 0.212. The molecule has 124 valence electrons. The molecular formula is C20H28N2O. The highest BCUT2D eigenvalue weighted by Crippen LogP contribution is 2.30. The van der Waals surface area contributed by atoms with E-state index >= 15 is 0 Å². The Balaban J connectivity index is 1.51. The molecule has 0 saturated heterocycles. The predicted molar refractivity (Wildman–Crippen MR) is 95.4 cm³/mol. The Morgan fingerprint density at radius 2 is 2.17 bits per heavy atom. The van der Waals surface area contributed by atoms with E-state index in [9.17, 15) is 4.79 Å². The highest BCUT2D eigenvalue weighted by atomic mass is 16.1. The van der Waals surface area contributed by atoms with Crippen molar-refractivity contribution in [3.8, 4) is 0 Å². The predicted octanol–water partition coefficient (Wildman–Crippen LogP) is 4.58. The molecule has 2 aromatic rings. The summed E-state index contributed by atoms with van der Waals surface area (Å²) in [6.07, 6.45) is 10.9. The highest BCUT2D eigenvalue weighted by molar-refractivity contribution is 5.84. The fourth-order valence-electron chi connectivity index (χ4n) is 3.90. The summed E-state index contributed by atoms with van der Waals surface area (Å²) in [4.78, 5) is 15.6. The summed E-state index contributed by atoms with van der Waals surface area (Å²) in [7, 11) is 0. The number of nitrogens with one attached hydrogen (secondary N) is 2. The van der Waals surface area contributed by atoms with Crippen LogP contribution in [0.1, 0.15) is 57.4 Å². The number of benzene rings is 1. The summed E-state index contributed by atoms with van der Waals surface area (Å²) < 4.78 is 0. The molecule has 23 heavy (non-hydrogen) atoms. The zero-order valence-electron chi connectivity index (χ0n) is 14.1. The maximum atomic E-state index is 12.3. The molecule has 1 fully saturated rings. The van der Waals surface area contributed by atoms with Crippen molar-refractivity contribution in [3.63, 3.8) is 0 Å². The second kappa shape index (κ2) is 7.67. The molecule has 3 nitrogen and oxygen atoms in total. The van der Waals surface area contributed by atoms with Crippen molar-refractivity contribution in [1.82, 2.24) is 10.3 Å². The fraction of sp³-hybridized carbons (Fsp3) is 0.550. The summed E-state index contributed by atoms with van der Waals surface area (Å²) in [5, 5.41) is 4.54. The Morgan fingerprint density at radius 1 is 1.30 bits per heavy atom. The lowest BCUT2D eigenvalue weighted by atomic mass is 9.96. The quantitative estimate of drug-likeness (QED) is 0.772. The van der Waals surface area contributed by atoms with Gasteiger partial charge >= 0.3 is 0 Å². The maximum Gasteiger partial charge on any atom is 0.220 e. The van der Waals surface area contributed by atoms with E-state index in [1.807, 2.05) is 12.3 Å². The third-order valence-electron chi connectivity index (χ3n) is 5.23. The fourth-order valence-corrected chi connectivity index (χ4v) is 3.90. The number of aryl methyl sites for hydroxylation is 1. The van der Waals surface area contributed by atoms with Crippen LogP contribution >= 0.6 is 0 Å². The number of aromatic amines is 1. The number of carbonyl (C=O) groups is 1. The van der Waals surface area contributed by atoms with Crippen LogP contribution in [0.5, 0.6) is 0 Å². The van der Waals surface area contributed by atoms with Crippen molar-refractivity contribution in [2.24, 2.45) is 5.92 Å². The summed E-state index contributed by atoms with van der Waals surface area (Å²) in [5.41, 5.74) is 2.39. The first kappa shape index (κ1) is 16.1. The number of aromatic nitrogens is 1. The number of hydrogen-bond donors (Lipinski definition) is 2. The summed E-state index contributed by atoms with van der Waals surface area (Å²) in [6, 6.07) is 8.70. The minimum absolute atomic E-state index is 0.212. The van der Waals surface area contributed by atoms with E-state index < -0.39 is 0 Å². The molecule has 2 atom stereocenters. The third kappa shape index (κ3) is 3.95. The number of amides is 1. The van der Waals surface area contributed by atoms with Crippen molar-refractivity contribution in [2.75, 3.05) is 0 Å². The highest BCUT2D eigenvalue weighted by Gasteiger charge is 2.27. The van der Waals surface area contributed by atoms with Gasteiger partial charge in [0, 0.05) is 29.6 Å². The lowest BCUT2D eigenvalue weighted by Crippen LogP contribution is -2.37. The van der Waals surface area contributed by atoms with Crippen LogP contribution in [0.2, 0.25) is 0 Å². The summed E-state index contributed by atoms with van der Waals surface area (Å²) >= 11 is 0. The van der Waals surface area contributed by atoms with Crippen LogP contribution in [0.15, 0.2) is 30.5 Å². The van der Waals surface area contributed by atoms with Gasteiger partial charge in [-0.25, -0.2) is 0 Å². The Kier molecular flexibility index (Phi) is 5.37. The average molecular weight is 312 g/mol. The Hall–Kier alpha value is -1.77. The van der Waals surface area contributed by atoms with Crippen LogP contribution in [-0.4, -0.2) is 16.9 Å². The van der Waals surface area contributed by atoms with E-state index in [4.69, 9.17) is 0 Å². The lowest BCUT2D eigenvalue weighted by molar-refractivity contribution is -0.122. The number of H-pyrrole nitrogens is 1. The van der Waals surface area contributed by atoms with E-state index in [1.165, 1.54) is 43.1 Å². The van der Waals surface area contributed by atoms with E-state index in [0.717, 1.165) is 18.4 Å². The van der Waals surface area contributed by atoms with Crippen molar-refractivity contribution < 1.29 is 4.79 Å². The topological polar surface area (TPSA) is 44.9 Å². The Labute approximate surface area is 138 Å². The zero-order valence-corrected chi connectivity index (χ0v) is 14.1. The number of para-hydroxylation sites is 1. The van der Waals surface area contributed by atoms with E-state index in [1.54, 1.807) is 0 Å². The average Bonchev–Trinajstić information content (AvgIpc) is 3.17. The summed E-state index contributed by atoms with van der Waals surface area (Å²) in [6.45, 7) is 2.24. The van der Waals surface area contributed by atoms with Gasteiger partial charge in [0.25, 0.3) is 0 Å². The molecule has 1 amide bonds. The Morgan fingerprint density at radius 3 is 3.04 bits per heavy atom. The Bertz CT molecular complexity index is 646. The molecule has 0 bridgehead atoms. The van der Waals surface area contributed by atoms with Crippen LogP contribution in [0.3, 0.4) is 0 Å². The zero-order chi connectivity index (χ0) is 16.1. The molecule has 2 unspecified atom stereocenters. The molecule has 3 heteroatoms. The number of rotatable bonds is 7. The number of hydrogen-bond acceptors (Lipinski definition) is 1. The third-order valence-corrected chi connectivity index (χ3v) is 5.23. The van der Waals surface area contributed by atoms with Gasteiger partial charge in [-0.2, -0.15) is 0 Å². The second-order valence-corrected chi connectivity index (χ2v) is 6.87. The van der Waals surface area contributed by atoms with Crippen LogP contribution in [0, 0.1) is 5.92 Å². The van der Waals surface area contributed by atoms with Gasteiger partial charge < -0.3 is 10.3 Å². The van der Waals surface area contributed by atoms with Gasteiger partial charge in [0.2, 0.25) is 5.91 Å². The molecule has 2 N–H and O–H groups in total. The maximum absolute atomic E-state index is 12.3. The smallest absolute Gasteiger partial charge is 0.220 e. The SMILES string of the molecule is CCCCC1CCCC1NC(=O)CCc1c[nH]c2ccccc12. The molecule has 1 aromatic heterocycles. The molecule has 1 heterocycles. The molecule has 0 aliphatic heterocycles. The van der Waals surface area contributed by atoms with Crippen molar-refractivity contribution >= 4 is 16.8 Å². The summed E-state index contributed by atoms with van der Waals surface area (Å²) in [5.74, 6) is 0.913. The number of unbranched alkanes of at least 4 members (excludes halogenated alkanes) is 1. The standard InChI is InChI=1S/C20H28N2O/c1-2-3-7-15-8-6-11-18(15)22-20(23)13-12-16-14-21-19-10-5-4-9-17(16)19/h4-5,9-10,14-15,18,21H,2-3,6-8,11-13H2,1H3,(H,22,23).